The normalized spacial score (nSPS) is 12.5. The van der Waals surface area contributed by atoms with Crippen molar-refractivity contribution in [3.8, 4) is 11.1 Å². The van der Waals surface area contributed by atoms with Gasteiger partial charge in [-0.1, -0.05) is 59.6 Å². The Hall–Kier alpha value is -1.75. The third-order valence-electron chi connectivity index (χ3n) is 3.53. The number of alkyl halides is 1. The fourth-order valence-electron chi connectivity index (χ4n) is 2.53. The molecule has 1 unspecified atom stereocenters. The summed E-state index contributed by atoms with van der Waals surface area (Å²) in [4.78, 5) is 4.44. The second-order valence-electron chi connectivity index (χ2n) is 4.95. The largest absolute Gasteiger partial charge is 0.772 e. The molecule has 2 aromatic carbocycles. The minimum atomic E-state index is -2.08. The molecule has 5 heteroatoms. The standard InChI is InChI=1S/C17H14ClNO2S/c18-9-16-17(15-4-2-1-3-14(15)10-19-16)13-7-5-12(6-8-13)11-22(20)21/h1-8,10H,9,11H2,(H,20,21)/p-1. The molecule has 0 fully saturated rings. The number of halogens is 1. The van der Waals surface area contributed by atoms with Crippen molar-refractivity contribution in [2.24, 2.45) is 0 Å². The summed E-state index contributed by atoms with van der Waals surface area (Å²) in [5, 5.41) is 2.14. The number of fused-ring (bicyclic) bond motifs is 1. The van der Waals surface area contributed by atoms with E-state index in [1.807, 2.05) is 54.7 Å². The lowest BCUT2D eigenvalue weighted by molar-refractivity contribution is 0.536. The first-order valence-electron chi connectivity index (χ1n) is 6.77. The maximum absolute atomic E-state index is 10.8. The number of benzene rings is 2. The number of hydrogen-bond acceptors (Lipinski definition) is 3. The van der Waals surface area contributed by atoms with Crippen LogP contribution in [0.4, 0.5) is 0 Å². The molecule has 1 atom stereocenters. The van der Waals surface area contributed by atoms with E-state index in [2.05, 4.69) is 4.98 Å². The molecule has 0 aliphatic heterocycles. The number of nitrogens with zero attached hydrogens (tertiary/aromatic N) is 1. The van der Waals surface area contributed by atoms with E-state index >= 15 is 0 Å². The second kappa shape index (κ2) is 6.57. The molecule has 0 aliphatic rings. The average Bonchev–Trinajstić information content (AvgIpc) is 2.54. The second-order valence-corrected chi connectivity index (χ2v) is 6.11. The van der Waals surface area contributed by atoms with Crippen LogP contribution in [-0.4, -0.2) is 13.7 Å². The fourth-order valence-corrected chi connectivity index (χ4v) is 3.20. The molecule has 1 heterocycles. The molecule has 22 heavy (non-hydrogen) atoms. The van der Waals surface area contributed by atoms with E-state index in [1.54, 1.807) is 0 Å². The highest BCUT2D eigenvalue weighted by atomic mass is 35.5. The maximum Gasteiger partial charge on any atom is 0.0653 e. The molecule has 0 amide bonds. The van der Waals surface area contributed by atoms with Crippen molar-refractivity contribution in [3.05, 3.63) is 66.0 Å². The van der Waals surface area contributed by atoms with Gasteiger partial charge < -0.3 is 4.55 Å². The van der Waals surface area contributed by atoms with Gasteiger partial charge in [0.1, 0.15) is 0 Å². The highest BCUT2D eigenvalue weighted by molar-refractivity contribution is 7.78. The Kier molecular flexibility index (Phi) is 4.52. The zero-order valence-corrected chi connectivity index (χ0v) is 13.2. The Bertz CT molecular complexity index is 834. The van der Waals surface area contributed by atoms with Crippen molar-refractivity contribution in [3.63, 3.8) is 0 Å². The zero-order chi connectivity index (χ0) is 15.5. The van der Waals surface area contributed by atoms with Crippen LogP contribution >= 0.6 is 11.6 Å². The summed E-state index contributed by atoms with van der Waals surface area (Å²) >= 11 is 3.96. The van der Waals surface area contributed by atoms with E-state index in [1.165, 1.54) is 0 Å². The summed E-state index contributed by atoms with van der Waals surface area (Å²) in [6.07, 6.45) is 1.82. The van der Waals surface area contributed by atoms with Crippen LogP contribution in [0.5, 0.6) is 0 Å². The third-order valence-corrected chi connectivity index (χ3v) is 4.35. The first-order chi connectivity index (χ1) is 10.7. The SMILES string of the molecule is O=S([O-])Cc1ccc(-c2c(CCl)ncc3ccccc23)cc1. The Balaban J connectivity index is 2.14. The maximum atomic E-state index is 10.8. The van der Waals surface area contributed by atoms with Crippen molar-refractivity contribution in [1.29, 1.82) is 0 Å². The Morgan fingerprint density at radius 2 is 1.82 bits per heavy atom. The molecule has 112 valence electrons. The van der Waals surface area contributed by atoms with E-state index in [0.717, 1.165) is 33.2 Å². The molecule has 0 bridgehead atoms. The quantitative estimate of drug-likeness (QED) is 0.536. The van der Waals surface area contributed by atoms with E-state index in [4.69, 9.17) is 11.6 Å². The van der Waals surface area contributed by atoms with Gasteiger partial charge in [0.05, 0.1) is 11.6 Å². The lowest BCUT2D eigenvalue weighted by Gasteiger charge is -2.12. The molecule has 0 N–H and O–H groups in total. The average molecular weight is 331 g/mol. The smallest absolute Gasteiger partial charge is 0.0653 e. The van der Waals surface area contributed by atoms with E-state index < -0.39 is 11.1 Å². The Labute approximate surface area is 136 Å². The fraction of sp³-hybridized carbons (Fsp3) is 0.118. The molecule has 3 nitrogen and oxygen atoms in total. The van der Waals surface area contributed by atoms with E-state index in [0.29, 0.717) is 5.88 Å². The van der Waals surface area contributed by atoms with Crippen molar-refractivity contribution in [1.82, 2.24) is 4.98 Å². The molecular weight excluding hydrogens is 318 g/mol. The van der Waals surface area contributed by atoms with Gasteiger partial charge >= 0.3 is 0 Å². The number of pyridine rings is 1. The van der Waals surface area contributed by atoms with Gasteiger partial charge in [-0.05, 0) is 16.5 Å². The molecule has 3 rings (SSSR count). The van der Waals surface area contributed by atoms with Crippen LogP contribution in [0.3, 0.4) is 0 Å². The van der Waals surface area contributed by atoms with Gasteiger partial charge in [0.25, 0.3) is 0 Å². The van der Waals surface area contributed by atoms with Crippen LogP contribution in [-0.2, 0) is 22.7 Å². The van der Waals surface area contributed by atoms with Crippen molar-refractivity contribution >= 4 is 33.5 Å². The van der Waals surface area contributed by atoms with Gasteiger partial charge in [0.15, 0.2) is 0 Å². The third kappa shape index (κ3) is 3.04. The minimum Gasteiger partial charge on any atom is -0.772 e. The molecule has 0 saturated heterocycles. The molecule has 0 spiro atoms. The highest BCUT2D eigenvalue weighted by Gasteiger charge is 2.10. The van der Waals surface area contributed by atoms with Crippen LogP contribution in [0.25, 0.3) is 21.9 Å². The van der Waals surface area contributed by atoms with Gasteiger partial charge in [-0.15, -0.1) is 11.6 Å². The van der Waals surface area contributed by atoms with E-state index in [9.17, 15) is 8.76 Å². The van der Waals surface area contributed by atoms with Crippen molar-refractivity contribution in [2.75, 3.05) is 0 Å². The molecule has 1 aromatic heterocycles. The summed E-state index contributed by atoms with van der Waals surface area (Å²) in [5.74, 6) is 0.350. The van der Waals surface area contributed by atoms with Gasteiger partial charge in [0, 0.05) is 22.9 Å². The van der Waals surface area contributed by atoms with Gasteiger partial charge in [0.2, 0.25) is 0 Å². The molecule has 0 radical (unpaired) electrons. The van der Waals surface area contributed by atoms with Crippen LogP contribution in [0.1, 0.15) is 11.3 Å². The predicted molar refractivity (Wildman–Crippen MR) is 89.4 cm³/mol. The first kappa shape index (κ1) is 15.2. The lowest BCUT2D eigenvalue weighted by Crippen LogP contribution is -1.95. The summed E-state index contributed by atoms with van der Waals surface area (Å²) < 4.78 is 21.5. The van der Waals surface area contributed by atoms with Crippen LogP contribution in [0.2, 0.25) is 0 Å². The van der Waals surface area contributed by atoms with Crippen molar-refractivity contribution in [2.45, 2.75) is 11.6 Å². The summed E-state index contributed by atoms with van der Waals surface area (Å²) in [6, 6.07) is 15.5. The lowest BCUT2D eigenvalue weighted by atomic mass is 9.97. The summed E-state index contributed by atoms with van der Waals surface area (Å²) in [7, 11) is 0. The Morgan fingerprint density at radius 3 is 2.50 bits per heavy atom. The minimum absolute atomic E-state index is 0.0242. The molecule has 0 aliphatic carbocycles. The van der Waals surface area contributed by atoms with Crippen molar-refractivity contribution < 1.29 is 8.76 Å². The van der Waals surface area contributed by atoms with Gasteiger partial charge in [-0.3, -0.25) is 9.19 Å². The van der Waals surface area contributed by atoms with Crippen LogP contribution in [0, 0.1) is 0 Å². The summed E-state index contributed by atoms with van der Waals surface area (Å²) in [5.41, 5.74) is 3.57. The van der Waals surface area contributed by atoms with Crippen LogP contribution < -0.4 is 0 Å². The molecule has 3 aromatic rings. The van der Waals surface area contributed by atoms with Crippen LogP contribution in [0.15, 0.2) is 54.7 Å². The Morgan fingerprint density at radius 1 is 1.09 bits per heavy atom. The molecular formula is C17H13ClNO2S-. The monoisotopic (exact) mass is 330 g/mol. The highest BCUT2D eigenvalue weighted by Crippen LogP contribution is 2.32. The summed E-state index contributed by atoms with van der Waals surface area (Å²) in [6.45, 7) is 0. The number of rotatable bonds is 4. The van der Waals surface area contributed by atoms with Gasteiger partial charge in [-0.2, -0.15) is 0 Å². The number of aromatic nitrogens is 1. The molecule has 0 saturated carbocycles. The topological polar surface area (TPSA) is 53.0 Å². The number of hydrogen-bond donors (Lipinski definition) is 0. The first-order valence-corrected chi connectivity index (χ1v) is 8.54. The zero-order valence-electron chi connectivity index (χ0n) is 11.7. The predicted octanol–water partition coefficient (Wildman–Crippen LogP) is 4.02. The van der Waals surface area contributed by atoms with Gasteiger partial charge in [-0.25, -0.2) is 0 Å². The van der Waals surface area contributed by atoms with E-state index in [-0.39, 0.29) is 5.75 Å².